The lowest BCUT2D eigenvalue weighted by Gasteiger charge is -2.34. The van der Waals surface area contributed by atoms with Gasteiger partial charge in [-0.25, -0.2) is 19.3 Å². The molecule has 1 aliphatic rings. The molecule has 1 saturated heterocycles. The maximum atomic E-state index is 13.4. The van der Waals surface area contributed by atoms with Crippen molar-refractivity contribution >= 4 is 23.4 Å². The highest BCUT2D eigenvalue weighted by atomic mass is 19.1. The maximum absolute atomic E-state index is 13.4. The van der Waals surface area contributed by atoms with Crippen LogP contribution in [0.25, 0.3) is 0 Å². The highest BCUT2D eigenvalue weighted by molar-refractivity contribution is 5.58. The summed E-state index contributed by atoms with van der Waals surface area (Å²) >= 11 is 0. The lowest BCUT2D eigenvalue weighted by Crippen LogP contribution is -2.47. The average molecular weight is 365 g/mol. The molecular formula is C19H20FN7. The molecule has 0 bridgehead atoms. The zero-order chi connectivity index (χ0) is 18.6. The second-order valence-corrected chi connectivity index (χ2v) is 6.35. The lowest BCUT2D eigenvalue weighted by molar-refractivity contribution is 0.627. The first-order valence-electron chi connectivity index (χ1n) is 8.82. The standard InChI is InChI=1S/C19H20FN7/c1-14-12-17(24-16-5-2-4-15(20)13-16)25-19(23-14)27-10-8-26(9-11-27)18-21-6-3-7-22-18/h2-7,12-13H,8-11H2,1H3,(H,23,24,25). The van der Waals surface area contributed by atoms with Crippen LogP contribution in [0.3, 0.4) is 0 Å². The van der Waals surface area contributed by atoms with Crippen molar-refractivity contribution in [2.45, 2.75) is 6.92 Å². The van der Waals surface area contributed by atoms with Gasteiger partial charge in [0.05, 0.1) is 0 Å². The molecule has 0 atom stereocenters. The molecule has 27 heavy (non-hydrogen) atoms. The molecule has 0 aliphatic carbocycles. The molecular weight excluding hydrogens is 345 g/mol. The van der Waals surface area contributed by atoms with Gasteiger partial charge in [0.1, 0.15) is 11.6 Å². The van der Waals surface area contributed by atoms with Gasteiger partial charge in [-0.1, -0.05) is 6.07 Å². The molecule has 0 saturated carbocycles. The van der Waals surface area contributed by atoms with Gasteiger partial charge in [-0.2, -0.15) is 4.98 Å². The zero-order valence-electron chi connectivity index (χ0n) is 15.0. The van der Waals surface area contributed by atoms with Crippen molar-refractivity contribution in [2.75, 3.05) is 41.3 Å². The Hall–Kier alpha value is -3.29. The number of anilines is 4. The highest BCUT2D eigenvalue weighted by Gasteiger charge is 2.21. The maximum Gasteiger partial charge on any atom is 0.227 e. The van der Waals surface area contributed by atoms with Crippen LogP contribution in [0, 0.1) is 12.7 Å². The van der Waals surface area contributed by atoms with Gasteiger partial charge in [0.25, 0.3) is 0 Å². The van der Waals surface area contributed by atoms with Gasteiger partial charge in [-0.3, -0.25) is 0 Å². The molecule has 0 spiro atoms. The van der Waals surface area contributed by atoms with Crippen LogP contribution in [0.5, 0.6) is 0 Å². The van der Waals surface area contributed by atoms with Crippen molar-refractivity contribution in [1.29, 1.82) is 0 Å². The highest BCUT2D eigenvalue weighted by Crippen LogP contribution is 2.20. The molecule has 7 nitrogen and oxygen atoms in total. The Morgan fingerprint density at radius 2 is 1.59 bits per heavy atom. The number of halogens is 1. The van der Waals surface area contributed by atoms with Gasteiger partial charge in [0, 0.05) is 56.0 Å². The molecule has 2 aromatic heterocycles. The van der Waals surface area contributed by atoms with Crippen LogP contribution >= 0.6 is 0 Å². The summed E-state index contributed by atoms with van der Waals surface area (Å²) in [6.45, 7) is 5.08. The second-order valence-electron chi connectivity index (χ2n) is 6.35. The average Bonchev–Trinajstić information content (AvgIpc) is 2.68. The van der Waals surface area contributed by atoms with Crippen LogP contribution in [0.1, 0.15) is 5.69 Å². The lowest BCUT2D eigenvalue weighted by atomic mass is 10.3. The third-order valence-corrected chi connectivity index (χ3v) is 4.34. The summed E-state index contributed by atoms with van der Waals surface area (Å²) in [6.07, 6.45) is 3.51. The minimum atomic E-state index is -0.287. The molecule has 1 aromatic carbocycles. The molecule has 8 heteroatoms. The Labute approximate surface area is 156 Å². The van der Waals surface area contributed by atoms with E-state index in [-0.39, 0.29) is 5.82 Å². The van der Waals surface area contributed by atoms with Gasteiger partial charge in [-0.05, 0) is 31.2 Å². The summed E-state index contributed by atoms with van der Waals surface area (Å²) in [5.74, 6) is 1.78. The number of aryl methyl sites for hydroxylation is 1. The molecule has 138 valence electrons. The minimum absolute atomic E-state index is 0.287. The molecule has 0 amide bonds. The number of benzene rings is 1. The Bertz CT molecular complexity index is 911. The SMILES string of the molecule is Cc1cc(Nc2cccc(F)c2)nc(N2CCN(c3ncccn3)CC2)n1. The van der Waals surface area contributed by atoms with E-state index >= 15 is 0 Å². The van der Waals surface area contributed by atoms with Gasteiger partial charge in [0.15, 0.2) is 0 Å². The molecule has 4 rings (SSSR count). The second kappa shape index (κ2) is 7.53. The van der Waals surface area contributed by atoms with E-state index in [9.17, 15) is 4.39 Å². The normalized spacial score (nSPS) is 14.3. The van der Waals surface area contributed by atoms with E-state index in [0.717, 1.165) is 37.8 Å². The van der Waals surface area contributed by atoms with Crippen molar-refractivity contribution in [2.24, 2.45) is 0 Å². The van der Waals surface area contributed by atoms with Crippen LogP contribution < -0.4 is 15.1 Å². The van der Waals surface area contributed by atoms with Gasteiger partial charge >= 0.3 is 0 Å². The van der Waals surface area contributed by atoms with E-state index in [0.29, 0.717) is 17.5 Å². The van der Waals surface area contributed by atoms with E-state index in [1.165, 1.54) is 12.1 Å². The fraction of sp³-hybridized carbons (Fsp3) is 0.263. The Morgan fingerprint density at radius 1 is 0.889 bits per heavy atom. The number of hydrogen-bond acceptors (Lipinski definition) is 7. The van der Waals surface area contributed by atoms with E-state index in [1.54, 1.807) is 24.5 Å². The quantitative estimate of drug-likeness (QED) is 0.762. The molecule has 1 N–H and O–H groups in total. The fourth-order valence-corrected chi connectivity index (χ4v) is 3.03. The van der Waals surface area contributed by atoms with Crippen LogP contribution in [-0.2, 0) is 0 Å². The Kier molecular flexibility index (Phi) is 4.78. The van der Waals surface area contributed by atoms with Crippen molar-refractivity contribution in [3.8, 4) is 0 Å². The Balaban J connectivity index is 1.47. The third kappa shape index (κ3) is 4.11. The molecule has 0 radical (unpaired) electrons. The Morgan fingerprint density at radius 3 is 2.30 bits per heavy atom. The minimum Gasteiger partial charge on any atom is -0.340 e. The first-order valence-corrected chi connectivity index (χ1v) is 8.82. The number of nitrogens with zero attached hydrogens (tertiary/aromatic N) is 6. The number of nitrogens with one attached hydrogen (secondary N) is 1. The molecule has 0 unspecified atom stereocenters. The van der Waals surface area contributed by atoms with E-state index in [1.807, 2.05) is 19.1 Å². The fourth-order valence-electron chi connectivity index (χ4n) is 3.03. The van der Waals surface area contributed by atoms with E-state index < -0.39 is 0 Å². The summed E-state index contributed by atoms with van der Waals surface area (Å²) in [6, 6.07) is 9.99. The van der Waals surface area contributed by atoms with Gasteiger partial charge < -0.3 is 15.1 Å². The first-order chi connectivity index (χ1) is 13.2. The van der Waals surface area contributed by atoms with E-state index in [4.69, 9.17) is 0 Å². The summed E-state index contributed by atoms with van der Waals surface area (Å²) in [7, 11) is 0. The number of aromatic nitrogens is 4. The van der Waals surface area contributed by atoms with Crippen LogP contribution in [0.2, 0.25) is 0 Å². The zero-order valence-corrected chi connectivity index (χ0v) is 15.0. The summed E-state index contributed by atoms with van der Waals surface area (Å²) in [4.78, 5) is 22.1. The topological polar surface area (TPSA) is 70.1 Å². The van der Waals surface area contributed by atoms with Gasteiger partial charge in [0.2, 0.25) is 11.9 Å². The largest absolute Gasteiger partial charge is 0.340 e. The first kappa shape index (κ1) is 17.1. The summed E-state index contributed by atoms with van der Waals surface area (Å²) in [5.41, 5.74) is 1.51. The van der Waals surface area contributed by atoms with Gasteiger partial charge in [-0.15, -0.1) is 0 Å². The number of piperazine rings is 1. The number of rotatable bonds is 4. The van der Waals surface area contributed by atoms with Crippen molar-refractivity contribution in [3.05, 3.63) is 60.3 Å². The summed E-state index contributed by atoms with van der Waals surface area (Å²) < 4.78 is 13.4. The van der Waals surface area contributed by atoms with Crippen LogP contribution in [-0.4, -0.2) is 46.1 Å². The monoisotopic (exact) mass is 365 g/mol. The van der Waals surface area contributed by atoms with E-state index in [2.05, 4.69) is 35.1 Å². The van der Waals surface area contributed by atoms with Crippen LogP contribution in [0.4, 0.5) is 27.8 Å². The smallest absolute Gasteiger partial charge is 0.227 e. The summed E-state index contributed by atoms with van der Waals surface area (Å²) in [5, 5.41) is 3.15. The predicted molar refractivity (Wildman–Crippen MR) is 103 cm³/mol. The van der Waals surface area contributed by atoms with Crippen molar-refractivity contribution in [1.82, 2.24) is 19.9 Å². The molecule has 1 aliphatic heterocycles. The molecule has 3 heterocycles. The third-order valence-electron chi connectivity index (χ3n) is 4.34. The number of hydrogen-bond donors (Lipinski definition) is 1. The molecule has 3 aromatic rings. The predicted octanol–water partition coefficient (Wildman–Crippen LogP) is 2.78. The van der Waals surface area contributed by atoms with Crippen LogP contribution in [0.15, 0.2) is 48.8 Å². The van der Waals surface area contributed by atoms with Crippen molar-refractivity contribution in [3.63, 3.8) is 0 Å². The van der Waals surface area contributed by atoms with Crippen molar-refractivity contribution < 1.29 is 4.39 Å². The molecule has 1 fully saturated rings.